The van der Waals surface area contributed by atoms with Crippen molar-refractivity contribution < 1.29 is 4.79 Å². The molecule has 1 aromatic heterocycles. The highest BCUT2D eigenvalue weighted by atomic mass is 35.5. The van der Waals surface area contributed by atoms with Gasteiger partial charge in [-0.2, -0.15) is 0 Å². The summed E-state index contributed by atoms with van der Waals surface area (Å²) >= 11 is 12.0. The lowest BCUT2D eigenvalue weighted by atomic mass is 10.1. The first-order valence-corrected chi connectivity index (χ1v) is 9.38. The number of hydrogen-bond donors (Lipinski definition) is 1. The molecular formula is C19H22Cl2N4O. The van der Waals surface area contributed by atoms with Crippen LogP contribution in [0.4, 0.5) is 11.5 Å². The number of halogens is 2. The van der Waals surface area contributed by atoms with E-state index in [-0.39, 0.29) is 11.9 Å². The summed E-state index contributed by atoms with van der Waals surface area (Å²) in [4.78, 5) is 21.4. The van der Waals surface area contributed by atoms with Gasteiger partial charge in [0, 0.05) is 43.1 Å². The van der Waals surface area contributed by atoms with Gasteiger partial charge < -0.3 is 10.2 Å². The summed E-state index contributed by atoms with van der Waals surface area (Å²) in [7, 11) is 0. The van der Waals surface area contributed by atoms with Gasteiger partial charge in [-0.3, -0.25) is 9.69 Å². The Morgan fingerprint density at radius 3 is 2.54 bits per heavy atom. The second-order valence-corrected chi connectivity index (χ2v) is 7.28. The molecule has 138 valence electrons. The van der Waals surface area contributed by atoms with E-state index in [0.29, 0.717) is 10.0 Å². The van der Waals surface area contributed by atoms with Gasteiger partial charge in [-0.1, -0.05) is 29.3 Å². The molecule has 26 heavy (non-hydrogen) atoms. The van der Waals surface area contributed by atoms with Crippen LogP contribution in [0.3, 0.4) is 0 Å². The summed E-state index contributed by atoms with van der Waals surface area (Å²) in [6, 6.07) is 9.09. The lowest BCUT2D eigenvalue weighted by molar-refractivity contribution is -0.120. The Morgan fingerprint density at radius 1 is 1.15 bits per heavy atom. The van der Waals surface area contributed by atoms with Gasteiger partial charge in [-0.15, -0.1) is 0 Å². The van der Waals surface area contributed by atoms with Crippen LogP contribution in [-0.2, 0) is 4.79 Å². The number of piperazine rings is 1. The molecule has 1 N–H and O–H groups in total. The van der Waals surface area contributed by atoms with Crippen LogP contribution in [0.5, 0.6) is 0 Å². The Kier molecular flexibility index (Phi) is 6.01. The molecule has 2 aromatic rings. The molecule has 1 aliphatic rings. The SMILES string of the molecule is Cc1c(Cl)cccc1NC(=O)C(C)N1CCN(c2ccc(Cl)cn2)CC1. The van der Waals surface area contributed by atoms with Gasteiger partial charge in [0.05, 0.1) is 11.1 Å². The number of nitrogens with one attached hydrogen (secondary N) is 1. The zero-order valence-electron chi connectivity index (χ0n) is 14.9. The number of carbonyl (C=O) groups is 1. The Labute approximate surface area is 163 Å². The highest BCUT2D eigenvalue weighted by Crippen LogP contribution is 2.23. The minimum atomic E-state index is -0.214. The fourth-order valence-corrected chi connectivity index (χ4v) is 3.33. The molecule has 0 saturated carbocycles. The minimum absolute atomic E-state index is 0.0200. The van der Waals surface area contributed by atoms with Crippen molar-refractivity contribution in [2.45, 2.75) is 19.9 Å². The summed E-state index contributed by atoms with van der Waals surface area (Å²) in [5.74, 6) is 0.897. The summed E-state index contributed by atoms with van der Waals surface area (Å²) in [6.45, 7) is 7.08. The molecule has 0 aliphatic carbocycles. The number of benzene rings is 1. The number of hydrogen-bond acceptors (Lipinski definition) is 4. The number of carbonyl (C=O) groups excluding carboxylic acids is 1. The van der Waals surface area contributed by atoms with E-state index in [4.69, 9.17) is 23.2 Å². The van der Waals surface area contributed by atoms with Gasteiger partial charge in [-0.25, -0.2) is 4.98 Å². The first kappa shape index (κ1) is 19.0. The third kappa shape index (κ3) is 4.29. The van der Waals surface area contributed by atoms with Crippen molar-refractivity contribution in [1.29, 1.82) is 0 Å². The monoisotopic (exact) mass is 392 g/mol. The number of amides is 1. The van der Waals surface area contributed by atoms with Crippen molar-refractivity contribution in [1.82, 2.24) is 9.88 Å². The van der Waals surface area contributed by atoms with Crippen LogP contribution in [0.1, 0.15) is 12.5 Å². The molecule has 0 spiro atoms. The van der Waals surface area contributed by atoms with Gasteiger partial charge in [0.15, 0.2) is 0 Å². The zero-order chi connectivity index (χ0) is 18.7. The first-order chi connectivity index (χ1) is 12.5. The molecule has 1 aromatic carbocycles. The molecule has 1 unspecified atom stereocenters. The second kappa shape index (κ2) is 8.25. The van der Waals surface area contributed by atoms with E-state index in [1.807, 2.05) is 44.2 Å². The van der Waals surface area contributed by atoms with Gasteiger partial charge in [0.2, 0.25) is 5.91 Å². The third-order valence-corrected chi connectivity index (χ3v) is 5.44. The van der Waals surface area contributed by atoms with Crippen molar-refractivity contribution in [2.75, 3.05) is 36.4 Å². The molecule has 0 bridgehead atoms. The molecular weight excluding hydrogens is 371 g/mol. The molecule has 1 atom stereocenters. The Bertz CT molecular complexity index is 774. The van der Waals surface area contributed by atoms with Crippen LogP contribution in [0.25, 0.3) is 0 Å². The maximum absolute atomic E-state index is 12.6. The number of rotatable bonds is 4. The maximum Gasteiger partial charge on any atom is 0.241 e. The molecule has 1 saturated heterocycles. The van der Waals surface area contributed by atoms with Crippen LogP contribution in [0.15, 0.2) is 36.5 Å². The largest absolute Gasteiger partial charge is 0.354 e. The molecule has 3 rings (SSSR count). The van der Waals surface area contributed by atoms with E-state index in [0.717, 1.165) is 43.2 Å². The molecule has 0 radical (unpaired) electrons. The molecule has 7 heteroatoms. The normalized spacial score (nSPS) is 16.4. The van der Waals surface area contributed by atoms with Crippen LogP contribution in [-0.4, -0.2) is 48.0 Å². The van der Waals surface area contributed by atoms with Crippen LogP contribution in [0, 0.1) is 6.92 Å². The van der Waals surface area contributed by atoms with E-state index in [9.17, 15) is 4.79 Å². The van der Waals surface area contributed by atoms with Crippen molar-refractivity contribution in [3.63, 3.8) is 0 Å². The van der Waals surface area contributed by atoms with Crippen molar-refractivity contribution >= 4 is 40.6 Å². The Balaban J connectivity index is 1.57. The Hall–Kier alpha value is -1.82. The van der Waals surface area contributed by atoms with Gasteiger partial charge in [0.25, 0.3) is 0 Å². The number of pyridine rings is 1. The van der Waals surface area contributed by atoms with Gasteiger partial charge in [0.1, 0.15) is 5.82 Å². The highest BCUT2D eigenvalue weighted by Gasteiger charge is 2.26. The predicted molar refractivity (Wildman–Crippen MR) is 107 cm³/mol. The number of anilines is 2. The number of nitrogens with zero attached hydrogens (tertiary/aromatic N) is 3. The molecule has 2 heterocycles. The lowest BCUT2D eigenvalue weighted by Crippen LogP contribution is -2.53. The first-order valence-electron chi connectivity index (χ1n) is 8.62. The van der Waals surface area contributed by atoms with Crippen molar-refractivity contribution in [2.24, 2.45) is 0 Å². The van der Waals surface area contributed by atoms with Gasteiger partial charge >= 0.3 is 0 Å². The maximum atomic E-state index is 12.6. The van der Waals surface area contributed by atoms with Crippen LogP contribution in [0.2, 0.25) is 10.0 Å². The molecule has 1 fully saturated rings. The van der Waals surface area contributed by atoms with E-state index >= 15 is 0 Å². The third-order valence-electron chi connectivity index (χ3n) is 4.80. The summed E-state index contributed by atoms with van der Waals surface area (Å²) in [5, 5.41) is 4.28. The molecule has 1 aliphatic heterocycles. The van der Waals surface area contributed by atoms with E-state index in [1.54, 1.807) is 6.20 Å². The average molecular weight is 393 g/mol. The van der Waals surface area contributed by atoms with Crippen molar-refractivity contribution in [3.05, 3.63) is 52.1 Å². The average Bonchev–Trinajstić information content (AvgIpc) is 2.65. The van der Waals surface area contributed by atoms with E-state index in [1.165, 1.54) is 0 Å². The summed E-state index contributed by atoms with van der Waals surface area (Å²) in [5.41, 5.74) is 1.65. The predicted octanol–water partition coefficient (Wildman–Crippen LogP) is 3.85. The lowest BCUT2D eigenvalue weighted by Gasteiger charge is -2.38. The second-order valence-electron chi connectivity index (χ2n) is 6.44. The van der Waals surface area contributed by atoms with Crippen LogP contribution < -0.4 is 10.2 Å². The summed E-state index contributed by atoms with van der Waals surface area (Å²) in [6.07, 6.45) is 1.66. The summed E-state index contributed by atoms with van der Waals surface area (Å²) < 4.78 is 0. The number of aromatic nitrogens is 1. The minimum Gasteiger partial charge on any atom is -0.354 e. The van der Waals surface area contributed by atoms with E-state index < -0.39 is 0 Å². The molecule has 1 amide bonds. The smallest absolute Gasteiger partial charge is 0.241 e. The zero-order valence-corrected chi connectivity index (χ0v) is 16.4. The highest BCUT2D eigenvalue weighted by molar-refractivity contribution is 6.31. The van der Waals surface area contributed by atoms with Gasteiger partial charge in [-0.05, 0) is 43.7 Å². The van der Waals surface area contributed by atoms with Crippen LogP contribution >= 0.6 is 23.2 Å². The molecule has 5 nitrogen and oxygen atoms in total. The van der Waals surface area contributed by atoms with Crippen molar-refractivity contribution in [3.8, 4) is 0 Å². The topological polar surface area (TPSA) is 48.5 Å². The fourth-order valence-electron chi connectivity index (χ4n) is 3.04. The Morgan fingerprint density at radius 2 is 1.88 bits per heavy atom. The standard InChI is InChI=1S/C19H22Cl2N4O/c1-13-16(21)4-3-5-17(13)23-19(26)14(2)24-8-10-25(11-9-24)18-7-6-15(20)12-22-18/h3-7,12,14H,8-11H2,1-2H3,(H,23,26). The van der Waals surface area contributed by atoms with E-state index in [2.05, 4.69) is 20.1 Å². The fraction of sp³-hybridized carbons (Fsp3) is 0.368. The quantitative estimate of drug-likeness (QED) is 0.858.